The summed E-state index contributed by atoms with van der Waals surface area (Å²) in [4.78, 5) is 14.6. The van der Waals surface area contributed by atoms with Crippen LogP contribution in [0.3, 0.4) is 0 Å². The lowest BCUT2D eigenvalue weighted by molar-refractivity contribution is -0.113. The average Bonchev–Trinajstić information content (AvgIpc) is 2.74. The lowest BCUT2D eigenvalue weighted by Crippen LogP contribution is -2.27. The number of anilines is 1. The number of hydrogen-bond donors (Lipinski definition) is 0. The minimum absolute atomic E-state index is 0.203. The smallest absolute Gasteiger partial charge is 0.268 e. The van der Waals surface area contributed by atoms with Crippen LogP contribution >= 0.6 is 39.9 Å². The monoisotopic (exact) mass is 393 g/mol. The van der Waals surface area contributed by atoms with Gasteiger partial charge in [-0.05, 0) is 51.8 Å². The highest BCUT2D eigenvalue weighted by atomic mass is 79.9. The molecule has 110 valence electrons. The first-order valence-electron chi connectivity index (χ1n) is 6.34. The number of hydrogen-bond acceptors (Lipinski definition) is 3. The summed E-state index contributed by atoms with van der Waals surface area (Å²) < 4.78 is 14.5. The van der Waals surface area contributed by atoms with Crippen LogP contribution in [0, 0.1) is 5.82 Å². The van der Waals surface area contributed by atoms with E-state index in [4.69, 9.17) is 12.2 Å². The van der Waals surface area contributed by atoms with Gasteiger partial charge in [-0.3, -0.25) is 9.69 Å². The van der Waals surface area contributed by atoms with Gasteiger partial charge in [0.2, 0.25) is 0 Å². The molecule has 0 saturated carbocycles. The number of carbonyl (C=O) groups excluding carboxylic acids is 1. The fraction of sp³-hybridized carbons (Fsp3) is 0. The number of amides is 1. The number of thioether (sulfide) groups is 1. The second-order valence-electron chi connectivity index (χ2n) is 4.52. The Bertz CT molecular complexity index is 806. The van der Waals surface area contributed by atoms with Crippen molar-refractivity contribution in [3.63, 3.8) is 0 Å². The maximum Gasteiger partial charge on any atom is 0.270 e. The summed E-state index contributed by atoms with van der Waals surface area (Å²) in [5.41, 5.74) is 1.33. The summed E-state index contributed by atoms with van der Waals surface area (Å²) in [6, 6.07) is 13.5. The summed E-state index contributed by atoms with van der Waals surface area (Å²) in [7, 11) is 0. The van der Waals surface area contributed by atoms with E-state index >= 15 is 0 Å². The third-order valence-electron chi connectivity index (χ3n) is 3.03. The number of para-hydroxylation sites is 1. The van der Waals surface area contributed by atoms with Gasteiger partial charge < -0.3 is 0 Å². The van der Waals surface area contributed by atoms with Crippen LogP contribution in [0.25, 0.3) is 6.08 Å². The van der Waals surface area contributed by atoms with Crippen LogP contribution in [0.15, 0.2) is 57.9 Å². The van der Waals surface area contributed by atoms with Crippen molar-refractivity contribution in [1.82, 2.24) is 0 Å². The Morgan fingerprint density at radius 2 is 1.95 bits per heavy atom. The van der Waals surface area contributed by atoms with Gasteiger partial charge in [0.05, 0.1) is 10.6 Å². The van der Waals surface area contributed by atoms with Crippen molar-refractivity contribution in [1.29, 1.82) is 0 Å². The molecule has 0 spiro atoms. The zero-order valence-corrected chi connectivity index (χ0v) is 14.3. The van der Waals surface area contributed by atoms with Crippen molar-refractivity contribution < 1.29 is 9.18 Å². The zero-order chi connectivity index (χ0) is 15.7. The van der Waals surface area contributed by atoms with E-state index in [2.05, 4.69) is 15.9 Å². The van der Waals surface area contributed by atoms with Gasteiger partial charge >= 0.3 is 0 Å². The highest BCUT2D eigenvalue weighted by Gasteiger charge is 2.34. The largest absolute Gasteiger partial charge is 0.270 e. The molecular formula is C16H9BrFNOS2. The normalized spacial score (nSPS) is 16.6. The van der Waals surface area contributed by atoms with E-state index in [1.165, 1.54) is 28.8 Å². The molecule has 0 radical (unpaired) electrons. The number of nitrogens with zero attached hydrogens (tertiary/aromatic N) is 1. The standard InChI is InChI=1S/C16H9BrFNOS2/c17-12-6-1-2-7-13(12)19-15(20)14(22-16(19)21)9-10-4-3-5-11(18)8-10/h1-9H. The molecule has 6 heteroatoms. The number of benzene rings is 2. The molecule has 2 nitrogen and oxygen atoms in total. The first-order valence-corrected chi connectivity index (χ1v) is 8.36. The molecule has 0 aromatic heterocycles. The highest BCUT2D eigenvalue weighted by molar-refractivity contribution is 9.10. The molecule has 0 aliphatic carbocycles. The molecule has 1 aliphatic heterocycles. The minimum Gasteiger partial charge on any atom is -0.268 e. The molecule has 1 fully saturated rings. The molecular weight excluding hydrogens is 385 g/mol. The molecule has 0 bridgehead atoms. The molecule has 1 aliphatic rings. The molecule has 2 aromatic carbocycles. The Hall–Kier alpha value is -1.50. The number of thiocarbonyl (C=S) groups is 1. The van der Waals surface area contributed by atoms with E-state index in [1.54, 1.807) is 18.2 Å². The summed E-state index contributed by atoms with van der Waals surface area (Å²) >= 11 is 9.95. The summed E-state index contributed by atoms with van der Waals surface area (Å²) in [5.74, 6) is -0.541. The van der Waals surface area contributed by atoms with Crippen LogP contribution in [0.4, 0.5) is 10.1 Å². The van der Waals surface area contributed by atoms with Crippen LogP contribution < -0.4 is 4.90 Å². The van der Waals surface area contributed by atoms with Gasteiger partial charge in [0.25, 0.3) is 5.91 Å². The molecule has 2 aromatic rings. The Morgan fingerprint density at radius 3 is 2.68 bits per heavy atom. The quantitative estimate of drug-likeness (QED) is 0.529. The van der Waals surface area contributed by atoms with Gasteiger partial charge in [-0.25, -0.2) is 4.39 Å². The Morgan fingerprint density at radius 1 is 1.18 bits per heavy atom. The van der Waals surface area contributed by atoms with Crippen LogP contribution in [0.5, 0.6) is 0 Å². The molecule has 1 saturated heterocycles. The Balaban J connectivity index is 1.97. The molecule has 3 rings (SSSR count). The van der Waals surface area contributed by atoms with Gasteiger partial charge in [0.1, 0.15) is 5.82 Å². The molecule has 0 atom stereocenters. The second-order valence-corrected chi connectivity index (χ2v) is 7.05. The average molecular weight is 394 g/mol. The minimum atomic E-state index is -0.338. The van der Waals surface area contributed by atoms with E-state index in [9.17, 15) is 9.18 Å². The fourth-order valence-electron chi connectivity index (χ4n) is 2.06. The number of rotatable bonds is 2. The molecule has 0 unspecified atom stereocenters. The molecule has 22 heavy (non-hydrogen) atoms. The topological polar surface area (TPSA) is 20.3 Å². The van der Waals surface area contributed by atoms with E-state index in [-0.39, 0.29) is 11.7 Å². The predicted molar refractivity (Wildman–Crippen MR) is 96.2 cm³/mol. The van der Waals surface area contributed by atoms with Crippen molar-refractivity contribution in [2.75, 3.05) is 4.90 Å². The summed E-state index contributed by atoms with van der Waals surface area (Å²) in [5, 5.41) is 0. The van der Waals surface area contributed by atoms with Crippen molar-refractivity contribution in [3.05, 3.63) is 69.3 Å². The Labute approximate surface area is 145 Å². The van der Waals surface area contributed by atoms with Gasteiger partial charge in [-0.1, -0.05) is 48.2 Å². The maximum atomic E-state index is 13.2. The summed E-state index contributed by atoms with van der Waals surface area (Å²) in [6.07, 6.45) is 1.65. The van der Waals surface area contributed by atoms with E-state index < -0.39 is 0 Å². The van der Waals surface area contributed by atoms with Crippen LogP contribution in [0.1, 0.15) is 5.56 Å². The second kappa shape index (κ2) is 6.32. The fourth-order valence-corrected chi connectivity index (χ4v) is 3.80. The van der Waals surface area contributed by atoms with Crippen LogP contribution in [0.2, 0.25) is 0 Å². The lowest BCUT2D eigenvalue weighted by atomic mass is 10.2. The number of carbonyl (C=O) groups is 1. The maximum absolute atomic E-state index is 13.2. The predicted octanol–water partition coefficient (Wildman–Crippen LogP) is 4.99. The van der Waals surface area contributed by atoms with Crippen LogP contribution in [-0.4, -0.2) is 10.2 Å². The Kier molecular flexibility index (Phi) is 4.42. The van der Waals surface area contributed by atoms with Gasteiger partial charge in [0, 0.05) is 4.47 Å². The first kappa shape index (κ1) is 15.4. The van der Waals surface area contributed by atoms with Crippen LogP contribution in [-0.2, 0) is 4.79 Å². The van der Waals surface area contributed by atoms with E-state index in [0.717, 1.165) is 4.47 Å². The number of halogens is 2. The van der Waals surface area contributed by atoms with Crippen molar-refractivity contribution in [2.45, 2.75) is 0 Å². The van der Waals surface area contributed by atoms with E-state index in [0.29, 0.717) is 20.5 Å². The highest BCUT2D eigenvalue weighted by Crippen LogP contribution is 2.38. The van der Waals surface area contributed by atoms with E-state index in [1.807, 2.05) is 24.3 Å². The summed E-state index contributed by atoms with van der Waals surface area (Å²) in [6.45, 7) is 0. The zero-order valence-electron chi connectivity index (χ0n) is 11.1. The third-order valence-corrected chi connectivity index (χ3v) is 5.01. The first-order chi connectivity index (χ1) is 10.6. The molecule has 1 heterocycles. The van der Waals surface area contributed by atoms with Crippen molar-refractivity contribution in [2.24, 2.45) is 0 Å². The van der Waals surface area contributed by atoms with Gasteiger partial charge in [0.15, 0.2) is 4.32 Å². The van der Waals surface area contributed by atoms with Crippen molar-refractivity contribution in [3.8, 4) is 0 Å². The lowest BCUT2D eigenvalue weighted by Gasteiger charge is -2.15. The van der Waals surface area contributed by atoms with Gasteiger partial charge in [-0.15, -0.1) is 0 Å². The molecule has 1 amide bonds. The van der Waals surface area contributed by atoms with Crippen molar-refractivity contribution >= 4 is 61.9 Å². The van der Waals surface area contributed by atoms with Gasteiger partial charge in [-0.2, -0.15) is 0 Å². The molecule has 0 N–H and O–H groups in total. The third kappa shape index (κ3) is 2.99. The SMILES string of the molecule is O=C1C(=Cc2cccc(F)c2)SC(=S)N1c1ccccc1Br.